The summed E-state index contributed by atoms with van der Waals surface area (Å²) in [6.45, 7) is 4.38. The summed E-state index contributed by atoms with van der Waals surface area (Å²) in [6, 6.07) is 22.8. The average molecular weight is 543 g/mol. The Morgan fingerprint density at radius 2 is 1.74 bits per heavy atom. The van der Waals surface area contributed by atoms with Crippen molar-refractivity contribution in [2.45, 2.75) is 27.0 Å². The number of nitrogens with zero attached hydrogens (tertiary/aromatic N) is 2. The van der Waals surface area contributed by atoms with Crippen molar-refractivity contribution < 1.29 is 28.3 Å². The summed E-state index contributed by atoms with van der Waals surface area (Å²) in [6.07, 6.45) is 1.74. The number of thioether (sulfide) groups is 1. The van der Waals surface area contributed by atoms with Crippen LogP contribution in [0.4, 0.5) is 4.79 Å². The van der Waals surface area contributed by atoms with E-state index in [1.165, 1.54) is 13.2 Å². The summed E-state index contributed by atoms with van der Waals surface area (Å²) >= 11 is 0.878. The van der Waals surface area contributed by atoms with E-state index < -0.39 is 17.1 Å². The van der Waals surface area contributed by atoms with Gasteiger partial charge < -0.3 is 18.5 Å². The van der Waals surface area contributed by atoms with Gasteiger partial charge in [0.05, 0.1) is 18.6 Å². The van der Waals surface area contributed by atoms with Crippen LogP contribution in [0.5, 0.6) is 5.75 Å². The maximum absolute atomic E-state index is 13.1. The Labute approximate surface area is 229 Å². The number of ether oxygens (including phenoxy) is 2. The van der Waals surface area contributed by atoms with E-state index in [1.54, 1.807) is 12.1 Å². The third-order valence-corrected chi connectivity index (χ3v) is 7.24. The minimum atomic E-state index is -0.625. The highest BCUT2D eigenvalue weighted by atomic mass is 32.2. The number of carbonyl (C=O) groups excluding carboxylic acids is 3. The molecule has 9 heteroatoms. The first-order valence-electron chi connectivity index (χ1n) is 12.2. The molecule has 4 aromatic rings. The van der Waals surface area contributed by atoms with Gasteiger partial charge in [-0.3, -0.25) is 14.5 Å². The number of hydrogen-bond donors (Lipinski definition) is 0. The van der Waals surface area contributed by atoms with Gasteiger partial charge in [0.2, 0.25) is 5.76 Å². The van der Waals surface area contributed by atoms with Crippen LogP contribution in [0.2, 0.25) is 0 Å². The number of aryl methyl sites for hydroxylation is 1. The molecule has 2 aromatic heterocycles. The van der Waals surface area contributed by atoms with E-state index in [0.29, 0.717) is 17.3 Å². The minimum Gasteiger partial charge on any atom is -0.489 e. The number of benzene rings is 2. The van der Waals surface area contributed by atoms with Gasteiger partial charge in [0.15, 0.2) is 0 Å². The molecule has 5 rings (SSSR count). The van der Waals surface area contributed by atoms with E-state index >= 15 is 0 Å². The zero-order chi connectivity index (χ0) is 27.5. The highest BCUT2D eigenvalue weighted by Crippen LogP contribution is 2.35. The monoisotopic (exact) mass is 542 g/mol. The topological polar surface area (TPSA) is 91.0 Å². The van der Waals surface area contributed by atoms with E-state index in [9.17, 15) is 14.4 Å². The van der Waals surface area contributed by atoms with Gasteiger partial charge in [-0.1, -0.05) is 30.3 Å². The Balaban J connectivity index is 1.30. The van der Waals surface area contributed by atoms with Crippen LogP contribution in [0, 0.1) is 13.8 Å². The first-order chi connectivity index (χ1) is 18.8. The molecule has 0 bridgehead atoms. The number of rotatable bonds is 8. The van der Waals surface area contributed by atoms with Crippen LogP contribution in [0.15, 0.2) is 82.1 Å². The number of hydrogen-bond acceptors (Lipinski definition) is 7. The molecule has 39 heavy (non-hydrogen) atoms. The molecule has 8 nitrogen and oxygen atoms in total. The molecule has 2 aromatic carbocycles. The first-order valence-corrected chi connectivity index (χ1v) is 13.0. The molecule has 2 amide bonds. The number of methoxy groups -OCH3 is 1. The lowest BCUT2D eigenvalue weighted by atomic mass is 10.2. The molecule has 0 N–H and O–H groups in total. The summed E-state index contributed by atoms with van der Waals surface area (Å²) in [5, 5.41) is -0.401. The van der Waals surface area contributed by atoms with Gasteiger partial charge in [-0.05, 0) is 85.3 Å². The lowest BCUT2D eigenvalue weighted by Crippen LogP contribution is -2.27. The van der Waals surface area contributed by atoms with Crippen LogP contribution in [0.1, 0.15) is 38.8 Å². The number of carbonyl (C=O) groups is 3. The van der Waals surface area contributed by atoms with Crippen molar-refractivity contribution in [3.63, 3.8) is 0 Å². The fourth-order valence-corrected chi connectivity index (χ4v) is 5.20. The minimum absolute atomic E-state index is 0.0123. The Morgan fingerprint density at radius 1 is 1.00 bits per heavy atom. The lowest BCUT2D eigenvalue weighted by Gasteiger charge is -2.12. The number of esters is 1. The molecule has 0 saturated carbocycles. The normalized spacial score (nSPS) is 14.3. The molecule has 3 heterocycles. The molecule has 0 aliphatic carbocycles. The molecule has 1 aliphatic heterocycles. The highest BCUT2D eigenvalue weighted by molar-refractivity contribution is 8.18. The van der Waals surface area contributed by atoms with Crippen LogP contribution >= 0.6 is 11.8 Å². The second kappa shape index (κ2) is 11.1. The van der Waals surface area contributed by atoms with Crippen molar-refractivity contribution in [2.24, 2.45) is 0 Å². The zero-order valence-corrected chi connectivity index (χ0v) is 22.5. The van der Waals surface area contributed by atoms with E-state index in [4.69, 9.17) is 9.15 Å². The molecule has 0 radical (unpaired) electrons. The molecule has 0 atom stereocenters. The maximum atomic E-state index is 13.1. The standard InChI is InChI=1S/C30H26N2O6S/c1-19-15-22(16-27-28(33)31(30(35)39-27)17-25-13-14-26(38-25)29(34)36-3)20(2)32(19)23-9-11-24(12-10-23)37-18-21-7-5-4-6-8-21/h4-16H,17-18H2,1-3H3/b27-16+. The average Bonchev–Trinajstić information content (AvgIpc) is 3.61. The quantitative estimate of drug-likeness (QED) is 0.191. The predicted molar refractivity (Wildman–Crippen MR) is 148 cm³/mol. The molecule has 0 unspecified atom stereocenters. The van der Waals surface area contributed by atoms with Gasteiger partial charge in [-0.2, -0.15) is 0 Å². The van der Waals surface area contributed by atoms with Crippen molar-refractivity contribution in [2.75, 3.05) is 7.11 Å². The second-order valence-electron chi connectivity index (χ2n) is 8.96. The maximum Gasteiger partial charge on any atom is 0.373 e. The predicted octanol–water partition coefficient (Wildman–Crippen LogP) is 6.29. The van der Waals surface area contributed by atoms with E-state index in [0.717, 1.165) is 50.6 Å². The van der Waals surface area contributed by atoms with Gasteiger partial charge in [-0.25, -0.2) is 4.79 Å². The van der Waals surface area contributed by atoms with E-state index in [-0.39, 0.29) is 12.3 Å². The smallest absolute Gasteiger partial charge is 0.373 e. The summed E-state index contributed by atoms with van der Waals surface area (Å²) in [5.74, 6) is 0.0616. The second-order valence-corrected chi connectivity index (χ2v) is 9.95. The van der Waals surface area contributed by atoms with Gasteiger partial charge in [0, 0.05) is 17.1 Å². The van der Waals surface area contributed by atoms with Crippen LogP contribution in [0.25, 0.3) is 11.8 Å². The van der Waals surface area contributed by atoms with Crippen LogP contribution in [-0.2, 0) is 22.7 Å². The molecular weight excluding hydrogens is 516 g/mol. The SMILES string of the molecule is COC(=O)c1ccc(CN2C(=O)S/C(=C/c3cc(C)n(-c4ccc(OCc5ccccc5)cc4)c3C)C2=O)o1. The third-order valence-electron chi connectivity index (χ3n) is 6.34. The Hall–Kier alpha value is -4.50. The first kappa shape index (κ1) is 26.1. The number of furan rings is 1. The van der Waals surface area contributed by atoms with Crippen LogP contribution in [0.3, 0.4) is 0 Å². The van der Waals surface area contributed by atoms with Gasteiger partial charge in [-0.15, -0.1) is 0 Å². The number of amides is 2. The fourth-order valence-electron chi connectivity index (χ4n) is 4.37. The summed E-state index contributed by atoms with van der Waals surface area (Å²) in [4.78, 5) is 38.7. The Kier molecular flexibility index (Phi) is 7.42. The lowest BCUT2D eigenvalue weighted by molar-refractivity contribution is -0.123. The molecule has 1 aliphatic rings. The summed E-state index contributed by atoms with van der Waals surface area (Å²) in [7, 11) is 1.25. The van der Waals surface area contributed by atoms with Crippen LogP contribution in [-0.4, -0.2) is 33.7 Å². The van der Waals surface area contributed by atoms with Crippen molar-refractivity contribution in [1.29, 1.82) is 0 Å². The fraction of sp³-hybridized carbons (Fsp3) is 0.167. The van der Waals surface area contributed by atoms with Crippen LogP contribution < -0.4 is 4.74 Å². The molecule has 0 spiro atoms. The molecule has 198 valence electrons. The largest absolute Gasteiger partial charge is 0.489 e. The molecule has 1 saturated heterocycles. The molecular formula is C30H26N2O6S. The van der Waals surface area contributed by atoms with Crippen molar-refractivity contribution in [3.05, 3.63) is 112 Å². The van der Waals surface area contributed by atoms with Gasteiger partial charge in [0.25, 0.3) is 11.1 Å². The van der Waals surface area contributed by atoms with Gasteiger partial charge >= 0.3 is 5.97 Å². The Bertz CT molecular complexity index is 1570. The Morgan fingerprint density at radius 3 is 2.46 bits per heavy atom. The highest BCUT2D eigenvalue weighted by Gasteiger charge is 2.36. The summed E-state index contributed by atoms with van der Waals surface area (Å²) < 4.78 is 18.0. The van der Waals surface area contributed by atoms with Crippen molar-refractivity contribution in [3.8, 4) is 11.4 Å². The van der Waals surface area contributed by atoms with E-state index in [1.807, 2.05) is 74.5 Å². The van der Waals surface area contributed by atoms with E-state index in [2.05, 4.69) is 9.30 Å². The summed E-state index contributed by atoms with van der Waals surface area (Å²) in [5.41, 5.74) is 4.83. The zero-order valence-electron chi connectivity index (χ0n) is 21.7. The van der Waals surface area contributed by atoms with Crippen molar-refractivity contribution >= 4 is 35.0 Å². The van der Waals surface area contributed by atoms with Crippen molar-refractivity contribution in [1.82, 2.24) is 9.47 Å². The number of aromatic nitrogens is 1. The van der Waals surface area contributed by atoms with Gasteiger partial charge in [0.1, 0.15) is 18.1 Å². The number of imide groups is 1. The third kappa shape index (κ3) is 5.53. The molecule has 1 fully saturated rings.